The second kappa shape index (κ2) is 8.42. The minimum absolute atomic E-state index is 0.299. The molecule has 0 fully saturated rings. The maximum Gasteiger partial charge on any atom is 0.329 e. The molecule has 0 saturated heterocycles. The van der Waals surface area contributed by atoms with E-state index >= 15 is 0 Å². The van der Waals surface area contributed by atoms with Gasteiger partial charge in [-0.05, 0) is 52.8 Å². The van der Waals surface area contributed by atoms with Gasteiger partial charge in [-0.1, -0.05) is 42.0 Å². The molecule has 0 unspecified atom stereocenters. The van der Waals surface area contributed by atoms with Crippen LogP contribution < -0.4 is 10.7 Å². The van der Waals surface area contributed by atoms with Crippen molar-refractivity contribution in [1.82, 2.24) is 10.7 Å². The molecule has 6 heteroatoms. The van der Waals surface area contributed by atoms with Crippen LogP contribution in [0.2, 0.25) is 0 Å². The van der Waals surface area contributed by atoms with Crippen LogP contribution in [0.25, 0.3) is 0 Å². The van der Waals surface area contributed by atoms with Crippen LogP contribution >= 0.6 is 22.6 Å². The molecular formula is C17H16IN3O2. The molecule has 2 aromatic carbocycles. The molecule has 2 N–H and O–H groups in total. The van der Waals surface area contributed by atoms with E-state index in [1.807, 2.05) is 55.5 Å². The van der Waals surface area contributed by atoms with Crippen molar-refractivity contribution in [3.8, 4) is 0 Å². The van der Waals surface area contributed by atoms with Crippen LogP contribution in [0.5, 0.6) is 0 Å². The van der Waals surface area contributed by atoms with E-state index in [0.717, 1.165) is 20.3 Å². The maximum absolute atomic E-state index is 11.7. The van der Waals surface area contributed by atoms with Crippen molar-refractivity contribution in [3.63, 3.8) is 0 Å². The number of aryl methyl sites for hydroxylation is 1. The van der Waals surface area contributed by atoms with E-state index in [1.165, 1.54) is 6.21 Å². The van der Waals surface area contributed by atoms with Crippen molar-refractivity contribution in [2.45, 2.75) is 13.5 Å². The minimum Gasteiger partial charge on any atom is -0.344 e. The number of carbonyl (C=O) groups is 2. The Bertz CT molecular complexity index is 710. The molecule has 118 valence electrons. The largest absolute Gasteiger partial charge is 0.344 e. The van der Waals surface area contributed by atoms with Crippen molar-refractivity contribution in [2.75, 3.05) is 0 Å². The Morgan fingerprint density at radius 3 is 2.35 bits per heavy atom. The molecule has 0 aromatic heterocycles. The average Bonchev–Trinajstić information content (AvgIpc) is 2.55. The smallest absolute Gasteiger partial charge is 0.329 e. The summed E-state index contributed by atoms with van der Waals surface area (Å²) in [5.74, 6) is -1.51. The topological polar surface area (TPSA) is 70.6 Å². The predicted molar refractivity (Wildman–Crippen MR) is 97.9 cm³/mol. The second-order valence-electron chi connectivity index (χ2n) is 4.92. The number of amides is 2. The van der Waals surface area contributed by atoms with Gasteiger partial charge < -0.3 is 5.32 Å². The number of nitrogens with zero attached hydrogens (tertiary/aromatic N) is 1. The van der Waals surface area contributed by atoms with E-state index in [9.17, 15) is 9.59 Å². The molecule has 0 aliphatic heterocycles. The number of carbonyl (C=O) groups excluding carboxylic acids is 2. The van der Waals surface area contributed by atoms with Gasteiger partial charge in [0.1, 0.15) is 0 Å². The number of halogens is 1. The fraction of sp³-hybridized carbons (Fsp3) is 0.118. The lowest BCUT2D eigenvalue weighted by molar-refractivity contribution is -0.139. The third-order valence-corrected chi connectivity index (χ3v) is 3.75. The van der Waals surface area contributed by atoms with Crippen LogP contribution in [0.4, 0.5) is 0 Å². The summed E-state index contributed by atoms with van der Waals surface area (Å²) in [5, 5.41) is 6.32. The first-order chi connectivity index (χ1) is 11.0. The lowest BCUT2D eigenvalue weighted by atomic mass is 10.1. The number of hydrazone groups is 1. The number of hydrogen-bond acceptors (Lipinski definition) is 3. The molecule has 2 rings (SSSR count). The zero-order valence-electron chi connectivity index (χ0n) is 12.5. The Morgan fingerprint density at radius 1 is 1.04 bits per heavy atom. The number of nitrogens with one attached hydrogen (secondary N) is 2. The summed E-state index contributed by atoms with van der Waals surface area (Å²) in [6.07, 6.45) is 1.49. The standard InChI is InChI=1S/C17H16IN3O2/c1-12-2-4-13(5-3-12)10-19-16(22)17(23)21-20-11-14-6-8-15(18)9-7-14/h2-9,11H,10H2,1H3,(H,19,22)(H,21,23)/b20-11+. The molecule has 2 aromatic rings. The lowest BCUT2D eigenvalue weighted by Crippen LogP contribution is -2.37. The van der Waals surface area contributed by atoms with Crippen LogP contribution in [0.15, 0.2) is 53.6 Å². The van der Waals surface area contributed by atoms with Gasteiger partial charge in [0.25, 0.3) is 0 Å². The van der Waals surface area contributed by atoms with Crippen molar-refractivity contribution in [2.24, 2.45) is 5.10 Å². The SMILES string of the molecule is Cc1ccc(CNC(=O)C(=O)N/N=C/c2ccc(I)cc2)cc1. The Balaban J connectivity index is 1.79. The minimum atomic E-state index is -0.793. The third kappa shape index (κ3) is 5.82. The molecule has 0 aliphatic carbocycles. The molecule has 0 radical (unpaired) electrons. The van der Waals surface area contributed by atoms with Gasteiger partial charge >= 0.3 is 11.8 Å². The van der Waals surface area contributed by atoms with Gasteiger partial charge in [0.2, 0.25) is 0 Å². The molecule has 0 aliphatic rings. The van der Waals surface area contributed by atoms with E-state index in [1.54, 1.807) is 0 Å². The fourth-order valence-corrected chi connectivity index (χ4v) is 2.09. The average molecular weight is 421 g/mol. The molecule has 2 amide bonds. The van der Waals surface area contributed by atoms with E-state index in [-0.39, 0.29) is 0 Å². The van der Waals surface area contributed by atoms with Crippen molar-refractivity contribution < 1.29 is 9.59 Å². The van der Waals surface area contributed by atoms with Crippen molar-refractivity contribution in [3.05, 3.63) is 68.8 Å². The van der Waals surface area contributed by atoms with Gasteiger partial charge in [-0.15, -0.1) is 0 Å². The van der Waals surface area contributed by atoms with Crippen LogP contribution in [-0.2, 0) is 16.1 Å². The highest BCUT2D eigenvalue weighted by molar-refractivity contribution is 14.1. The first-order valence-electron chi connectivity index (χ1n) is 6.97. The molecule has 5 nitrogen and oxygen atoms in total. The molecule has 0 spiro atoms. The maximum atomic E-state index is 11.7. The molecule has 0 heterocycles. The molecule has 0 saturated carbocycles. The summed E-state index contributed by atoms with van der Waals surface area (Å²) < 4.78 is 1.11. The Labute approximate surface area is 148 Å². The predicted octanol–water partition coefficient (Wildman–Crippen LogP) is 2.37. The highest BCUT2D eigenvalue weighted by Gasteiger charge is 2.11. The molecular weight excluding hydrogens is 405 g/mol. The summed E-state index contributed by atoms with van der Waals surface area (Å²) in [5.41, 5.74) is 5.12. The van der Waals surface area contributed by atoms with Gasteiger partial charge in [-0.2, -0.15) is 5.10 Å². The van der Waals surface area contributed by atoms with Crippen molar-refractivity contribution in [1.29, 1.82) is 0 Å². The van der Waals surface area contributed by atoms with Gasteiger partial charge in [0.15, 0.2) is 0 Å². The highest BCUT2D eigenvalue weighted by atomic mass is 127. The summed E-state index contributed by atoms with van der Waals surface area (Å²) in [4.78, 5) is 23.3. The zero-order valence-corrected chi connectivity index (χ0v) is 14.7. The normalized spacial score (nSPS) is 10.5. The van der Waals surface area contributed by atoms with Gasteiger partial charge in [0, 0.05) is 10.1 Å². The van der Waals surface area contributed by atoms with E-state index in [4.69, 9.17) is 0 Å². The van der Waals surface area contributed by atoms with Crippen molar-refractivity contribution >= 4 is 40.6 Å². The monoisotopic (exact) mass is 421 g/mol. The fourth-order valence-electron chi connectivity index (χ4n) is 1.73. The Morgan fingerprint density at radius 2 is 1.70 bits per heavy atom. The van der Waals surface area contributed by atoms with Gasteiger partial charge in [-0.25, -0.2) is 5.43 Å². The van der Waals surface area contributed by atoms with Crippen LogP contribution in [0.1, 0.15) is 16.7 Å². The first-order valence-corrected chi connectivity index (χ1v) is 8.05. The molecule has 0 atom stereocenters. The number of hydrogen-bond donors (Lipinski definition) is 2. The van der Waals surface area contributed by atoms with Crippen LogP contribution in [0, 0.1) is 10.5 Å². The van der Waals surface area contributed by atoms with E-state index < -0.39 is 11.8 Å². The Kier molecular flexibility index (Phi) is 6.28. The van der Waals surface area contributed by atoms with Crippen LogP contribution in [0.3, 0.4) is 0 Å². The van der Waals surface area contributed by atoms with Gasteiger partial charge in [-0.3, -0.25) is 9.59 Å². The van der Waals surface area contributed by atoms with Gasteiger partial charge in [0.05, 0.1) is 6.21 Å². The number of rotatable bonds is 4. The number of benzene rings is 2. The van der Waals surface area contributed by atoms with E-state index in [0.29, 0.717) is 6.54 Å². The van der Waals surface area contributed by atoms with E-state index in [2.05, 4.69) is 38.4 Å². The Hall–Kier alpha value is -2.22. The molecule has 23 heavy (non-hydrogen) atoms. The summed E-state index contributed by atoms with van der Waals surface area (Å²) in [6, 6.07) is 15.3. The third-order valence-electron chi connectivity index (χ3n) is 3.03. The highest BCUT2D eigenvalue weighted by Crippen LogP contribution is 2.04. The summed E-state index contributed by atoms with van der Waals surface area (Å²) >= 11 is 2.20. The molecule has 0 bridgehead atoms. The zero-order chi connectivity index (χ0) is 16.7. The van der Waals surface area contributed by atoms with Crippen LogP contribution in [-0.4, -0.2) is 18.0 Å². The summed E-state index contributed by atoms with van der Waals surface area (Å²) in [7, 11) is 0. The summed E-state index contributed by atoms with van der Waals surface area (Å²) in [6.45, 7) is 2.29. The first kappa shape index (κ1) is 17.1. The lowest BCUT2D eigenvalue weighted by Gasteiger charge is -2.04. The quantitative estimate of drug-likeness (QED) is 0.345. The second-order valence-corrected chi connectivity index (χ2v) is 6.16.